The van der Waals surface area contributed by atoms with E-state index in [1.54, 1.807) is 0 Å². The molecule has 1 heterocycles. The molecule has 0 radical (unpaired) electrons. The zero-order valence-corrected chi connectivity index (χ0v) is 13.5. The molecule has 0 spiro atoms. The molecule has 1 N–H and O–H groups in total. The number of phenols is 1. The Kier molecular flexibility index (Phi) is 3.21. The second-order valence-corrected chi connectivity index (χ2v) is 6.45. The highest BCUT2D eigenvalue weighted by molar-refractivity contribution is 9.11. The molecule has 1 aliphatic carbocycles. The minimum atomic E-state index is -0.274. The maximum atomic E-state index is 12.1. The van der Waals surface area contributed by atoms with Gasteiger partial charge in [0.15, 0.2) is 5.58 Å². The maximum absolute atomic E-state index is 12.1. The molecule has 0 aliphatic heterocycles. The lowest BCUT2D eigenvalue weighted by Crippen LogP contribution is -2.16. The van der Waals surface area contributed by atoms with E-state index in [4.69, 9.17) is 4.42 Å². The standard InChI is InChI=1S/C14H12Br2O3/c1-6-10(15)12(17)9-7-4-2-3-5-8(7)14(18)19-13(9)11(6)16/h17H,2-5H2,1H3. The number of benzene rings is 1. The number of hydrogen-bond donors (Lipinski definition) is 1. The zero-order chi connectivity index (χ0) is 13.7. The molecule has 1 aromatic carbocycles. The first-order valence-corrected chi connectivity index (χ1v) is 7.76. The van der Waals surface area contributed by atoms with Gasteiger partial charge in [0.1, 0.15) is 5.75 Å². The molecular weight excluding hydrogens is 376 g/mol. The molecule has 3 rings (SSSR count). The molecule has 0 fully saturated rings. The fourth-order valence-electron chi connectivity index (χ4n) is 2.71. The fraction of sp³-hybridized carbons (Fsp3) is 0.357. The molecule has 0 atom stereocenters. The average molecular weight is 388 g/mol. The molecule has 0 saturated heterocycles. The third kappa shape index (κ3) is 1.86. The largest absolute Gasteiger partial charge is 0.506 e. The number of rotatable bonds is 0. The van der Waals surface area contributed by atoms with E-state index in [-0.39, 0.29) is 11.4 Å². The highest BCUT2D eigenvalue weighted by Crippen LogP contribution is 2.43. The summed E-state index contributed by atoms with van der Waals surface area (Å²) in [5.41, 5.74) is 2.66. The van der Waals surface area contributed by atoms with Crippen LogP contribution in [0.3, 0.4) is 0 Å². The van der Waals surface area contributed by atoms with Crippen molar-refractivity contribution in [1.82, 2.24) is 0 Å². The lowest BCUT2D eigenvalue weighted by molar-refractivity contribution is 0.471. The summed E-state index contributed by atoms with van der Waals surface area (Å²) in [4.78, 5) is 12.1. The van der Waals surface area contributed by atoms with E-state index >= 15 is 0 Å². The van der Waals surface area contributed by atoms with Gasteiger partial charge in [0.2, 0.25) is 0 Å². The molecule has 3 nitrogen and oxygen atoms in total. The molecule has 100 valence electrons. The summed E-state index contributed by atoms with van der Waals surface area (Å²) in [6, 6.07) is 0. The van der Waals surface area contributed by atoms with Gasteiger partial charge in [0.05, 0.1) is 14.3 Å². The highest BCUT2D eigenvalue weighted by atomic mass is 79.9. The summed E-state index contributed by atoms with van der Waals surface area (Å²) in [5.74, 6) is 0.164. The van der Waals surface area contributed by atoms with Crippen molar-refractivity contribution in [3.05, 3.63) is 36.1 Å². The van der Waals surface area contributed by atoms with Crippen molar-refractivity contribution in [2.24, 2.45) is 0 Å². The van der Waals surface area contributed by atoms with Crippen molar-refractivity contribution < 1.29 is 9.52 Å². The van der Waals surface area contributed by atoms with Crippen LogP contribution in [0.5, 0.6) is 5.75 Å². The Hall–Kier alpha value is -0.810. The fourth-order valence-corrected chi connectivity index (χ4v) is 3.85. The van der Waals surface area contributed by atoms with E-state index in [0.717, 1.165) is 46.8 Å². The van der Waals surface area contributed by atoms with Gasteiger partial charge in [0, 0.05) is 5.56 Å². The number of fused-ring (bicyclic) bond motifs is 3. The summed E-state index contributed by atoms with van der Waals surface area (Å²) >= 11 is 6.85. The Labute approximate surface area is 126 Å². The summed E-state index contributed by atoms with van der Waals surface area (Å²) in [6.07, 6.45) is 3.58. The van der Waals surface area contributed by atoms with Gasteiger partial charge >= 0.3 is 5.63 Å². The molecule has 0 bridgehead atoms. The van der Waals surface area contributed by atoms with Crippen LogP contribution in [0.1, 0.15) is 29.5 Å². The van der Waals surface area contributed by atoms with Crippen molar-refractivity contribution >= 4 is 42.8 Å². The average Bonchev–Trinajstić information content (AvgIpc) is 2.43. The normalized spacial score (nSPS) is 14.7. The zero-order valence-electron chi connectivity index (χ0n) is 10.3. The Morgan fingerprint density at radius 1 is 1.11 bits per heavy atom. The summed E-state index contributed by atoms with van der Waals surface area (Å²) < 4.78 is 6.79. The minimum Gasteiger partial charge on any atom is -0.506 e. The molecule has 19 heavy (non-hydrogen) atoms. The van der Waals surface area contributed by atoms with Gasteiger partial charge in [-0.05, 0) is 75.6 Å². The van der Waals surface area contributed by atoms with Gasteiger partial charge in [-0.25, -0.2) is 4.79 Å². The molecule has 2 aromatic rings. The van der Waals surface area contributed by atoms with E-state index in [9.17, 15) is 9.90 Å². The van der Waals surface area contributed by atoms with Gasteiger partial charge in [0.25, 0.3) is 0 Å². The van der Waals surface area contributed by atoms with Gasteiger partial charge in [-0.1, -0.05) is 0 Å². The Bertz CT molecular complexity index is 747. The second-order valence-electron chi connectivity index (χ2n) is 4.86. The third-order valence-corrected chi connectivity index (χ3v) is 5.67. The van der Waals surface area contributed by atoms with E-state index in [1.807, 2.05) is 6.92 Å². The van der Waals surface area contributed by atoms with Crippen LogP contribution in [0.15, 0.2) is 18.2 Å². The van der Waals surface area contributed by atoms with E-state index in [0.29, 0.717) is 15.4 Å². The van der Waals surface area contributed by atoms with Gasteiger partial charge in [-0.3, -0.25) is 0 Å². The van der Waals surface area contributed by atoms with Crippen molar-refractivity contribution in [2.45, 2.75) is 32.6 Å². The monoisotopic (exact) mass is 386 g/mol. The van der Waals surface area contributed by atoms with Gasteiger partial charge < -0.3 is 9.52 Å². The highest BCUT2D eigenvalue weighted by Gasteiger charge is 2.24. The smallest absolute Gasteiger partial charge is 0.339 e. The van der Waals surface area contributed by atoms with Crippen LogP contribution < -0.4 is 5.63 Å². The van der Waals surface area contributed by atoms with Crippen molar-refractivity contribution in [1.29, 1.82) is 0 Å². The number of hydrogen-bond acceptors (Lipinski definition) is 3. The summed E-state index contributed by atoms with van der Waals surface area (Å²) in [5, 5.41) is 11.0. The molecule has 5 heteroatoms. The Morgan fingerprint density at radius 2 is 1.74 bits per heavy atom. The molecule has 0 saturated carbocycles. The molecular formula is C14H12Br2O3. The quantitative estimate of drug-likeness (QED) is 0.689. The van der Waals surface area contributed by atoms with Crippen LogP contribution in [0.4, 0.5) is 0 Å². The summed E-state index contributed by atoms with van der Waals surface area (Å²) in [6.45, 7) is 1.85. The predicted octanol–water partition coefficient (Wildman–Crippen LogP) is 4.21. The lowest BCUT2D eigenvalue weighted by Gasteiger charge is -2.18. The Balaban J connectivity index is 2.56. The topological polar surface area (TPSA) is 50.4 Å². The van der Waals surface area contributed by atoms with Crippen LogP contribution in [-0.2, 0) is 12.8 Å². The minimum absolute atomic E-state index is 0.164. The van der Waals surface area contributed by atoms with Gasteiger partial charge in [-0.15, -0.1) is 0 Å². The van der Waals surface area contributed by atoms with Crippen molar-refractivity contribution in [3.63, 3.8) is 0 Å². The van der Waals surface area contributed by atoms with Crippen molar-refractivity contribution in [2.75, 3.05) is 0 Å². The van der Waals surface area contributed by atoms with Crippen LogP contribution in [0.25, 0.3) is 11.0 Å². The number of phenolic OH excluding ortho intramolecular Hbond substituents is 1. The van der Waals surface area contributed by atoms with Crippen LogP contribution >= 0.6 is 31.9 Å². The lowest BCUT2D eigenvalue weighted by atomic mass is 9.90. The molecule has 0 unspecified atom stereocenters. The van der Waals surface area contributed by atoms with E-state index in [1.165, 1.54) is 0 Å². The molecule has 1 aliphatic rings. The van der Waals surface area contributed by atoms with E-state index < -0.39 is 0 Å². The first-order valence-electron chi connectivity index (χ1n) is 6.17. The molecule has 0 amide bonds. The first-order chi connectivity index (χ1) is 9.02. The van der Waals surface area contributed by atoms with Crippen LogP contribution in [0.2, 0.25) is 0 Å². The van der Waals surface area contributed by atoms with Crippen LogP contribution in [-0.4, -0.2) is 5.11 Å². The van der Waals surface area contributed by atoms with E-state index in [2.05, 4.69) is 31.9 Å². The Morgan fingerprint density at radius 3 is 2.42 bits per heavy atom. The number of halogens is 2. The maximum Gasteiger partial charge on any atom is 0.339 e. The number of aromatic hydroxyl groups is 1. The summed E-state index contributed by atoms with van der Waals surface area (Å²) in [7, 11) is 0. The van der Waals surface area contributed by atoms with Crippen LogP contribution in [0, 0.1) is 6.92 Å². The van der Waals surface area contributed by atoms with Gasteiger partial charge in [-0.2, -0.15) is 0 Å². The third-order valence-electron chi connectivity index (χ3n) is 3.74. The molecule has 1 aromatic heterocycles. The predicted molar refractivity (Wildman–Crippen MR) is 80.9 cm³/mol. The number of aryl methyl sites for hydroxylation is 1. The SMILES string of the molecule is Cc1c(Br)c(O)c2c3c(c(=O)oc2c1Br)CCCC3. The second kappa shape index (κ2) is 4.63. The first kappa shape index (κ1) is 13.2. The van der Waals surface area contributed by atoms with Crippen molar-refractivity contribution in [3.8, 4) is 5.75 Å².